The SMILES string of the molecule is C1CCC2CCCCC2C1.CC(=O)/C(C=NCCN=C/C(C(C)=O)=C(/C)O)=C(\C)O.CC(=O)C(C(C)=NCCN=C(C)C(C(C)=O)=C(C)O)=C(C)O.CC(=O)CC(C)=O.CC(=O)O.CC(=O)O.CO.[Fe].[Fe]. The molecule has 2 rings (SSSR count). The van der Waals surface area contributed by atoms with Gasteiger partial charge in [-0.2, -0.15) is 0 Å². The summed E-state index contributed by atoms with van der Waals surface area (Å²) >= 11 is 0. The molecule has 2 fully saturated rings. The van der Waals surface area contributed by atoms with E-state index in [0.29, 0.717) is 37.6 Å². The molecule has 0 aromatic heterocycles. The van der Waals surface area contributed by atoms with Crippen LogP contribution in [0.3, 0.4) is 0 Å². The fourth-order valence-corrected chi connectivity index (χ4v) is 6.65. The quantitative estimate of drug-likeness (QED) is 0.0190. The van der Waals surface area contributed by atoms with E-state index in [1.54, 1.807) is 39.5 Å². The molecule has 408 valence electrons. The van der Waals surface area contributed by atoms with Crippen LogP contribution < -0.4 is 0 Å². The molecule has 2 aliphatic carbocycles. The molecule has 0 spiro atoms. The fourth-order valence-electron chi connectivity index (χ4n) is 6.65. The van der Waals surface area contributed by atoms with Crippen molar-refractivity contribution in [1.29, 1.82) is 0 Å². The topological polar surface area (TPSA) is 328 Å². The molecule has 21 heteroatoms. The number of rotatable bonds is 16. The van der Waals surface area contributed by atoms with Crippen molar-refractivity contribution in [2.45, 2.75) is 155 Å². The molecule has 71 heavy (non-hydrogen) atoms. The summed E-state index contributed by atoms with van der Waals surface area (Å²) < 4.78 is 0. The van der Waals surface area contributed by atoms with Gasteiger partial charge in [-0.05, 0) is 94.9 Å². The number of carbonyl (C=O) groups excluding carboxylic acids is 6. The third-order valence-corrected chi connectivity index (χ3v) is 9.25. The Morgan fingerprint density at radius 1 is 0.408 bits per heavy atom. The monoisotopic (exact) mass is 1090 g/mol. The van der Waals surface area contributed by atoms with Crippen LogP contribution in [0.5, 0.6) is 0 Å². The van der Waals surface area contributed by atoms with Crippen LogP contribution in [0.4, 0.5) is 0 Å². The van der Waals surface area contributed by atoms with Crippen LogP contribution in [-0.2, 0) is 72.5 Å². The van der Waals surface area contributed by atoms with Gasteiger partial charge in [0.05, 0.1) is 54.9 Å². The van der Waals surface area contributed by atoms with E-state index in [0.717, 1.165) is 32.8 Å². The van der Waals surface area contributed by atoms with Gasteiger partial charge in [0.15, 0.2) is 23.1 Å². The number of nitrogens with zero attached hydrogens (tertiary/aromatic N) is 4. The number of hydrogen-bond acceptors (Lipinski definition) is 17. The summed E-state index contributed by atoms with van der Waals surface area (Å²) in [6.45, 7) is 20.6. The first-order chi connectivity index (χ1) is 31.9. The van der Waals surface area contributed by atoms with E-state index in [9.17, 15) is 49.2 Å². The summed E-state index contributed by atoms with van der Waals surface area (Å²) in [6, 6.07) is 0. The van der Waals surface area contributed by atoms with Crippen LogP contribution in [-0.4, -0.2) is 140 Å². The van der Waals surface area contributed by atoms with Crippen molar-refractivity contribution in [3.8, 4) is 0 Å². The summed E-state index contributed by atoms with van der Waals surface area (Å²) in [5.41, 5.74) is 1.61. The van der Waals surface area contributed by atoms with Crippen LogP contribution in [0.25, 0.3) is 0 Å². The summed E-state index contributed by atoms with van der Waals surface area (Å²) in [7, 11) is 1.00. The van der Waals surface area contributed by atoms with E-state index >= 15 is 0 Å². The number of ketones is 6. The Balaban J connectivity index is -0.000000151. The van der Waals surface area contributed by atoms with Gasteiger partial charge in [0, 0.05) is 78.9 Å². The number of hydrogen-bond donors (Lipinski definition) is 7. The van der Waals surface area contributed by atoms with Crippen LogP contribution in [0.2, 0.25) is 0 Å². The van der Waals surface area contributed by atoms with Crippen molar-refractivity contribution >= 4 is 70.5 Å². The molecule has 19 nitrogen and oxygen atoms in total. The van der Waals surface area contributed by atoms with E-state index in [1.165, 1.54) is 107 Å². The van der Waals surface area contributed by atoms with E-state index in [-0.39, 0.29) is 121 Å². The van der Waals surface area contributed by atoms with E-state index in [2.05, 4.69) is 20.0 Å². The third kappa shape index (κ3) is 48.2. The van der Waals surface area contributed by atoms with Crippen molar-refractivity contribution in [3.05, 3.63) is 45.3 Å². The van der Waals surface area contributed by atoms with Gasteiger partial charge < -0.3 is 35.7 Å². The summed E-state index contributed by atoms with van der Waals surface area (Å²) in [5.74, 6) is -0.811. The molecule has 0 unspecified atom stereocenters. The molecule has 0 aromatic carbocycles. The predicted octanol–water partition coefficient (Wildman–Crippen LogP) is 8.43. The zero-order valence-corrected chi connectivity index (χ0v) is 46.6. The molecule has 0 atom stereocenters. The second-order valence-electron chi connectivity index (χ2n) is 15.9. The standard InChI is InChI=1S/C16H24N2O4.C14H20N2O4.C10H18.C5H8O2.2C2H4O2.CH4O.2Fe/c1-9(15(11(3)19)12(4)20)17-7-8-18-10(2)16(13(5)21)14(6)22;1-9(17)13(10(2)18)7-15-5-6-16-8-14(11(3)19)12(4)20;1-2-6-10-8-4-3-7-9(10)5-1;1-4(6)3-5(2)7;2*1-2(3)4;1-2;;/h19,21H,7-8H2,1-6H3;7-8,17,19H,5-6H2,1-4H3;9-10H,1-8H2;3H2,1-2H3;2*1H3,(H,3,4);2H,1H3;;/b;13-9+,14-11+,15-7?,16-8?;;;;;;;. The van der Waals surface area contributed by atoms with Gasteiger partial charge in [-0.15, -0.1) is 0 Å². The van der Waals surface area contributed by atoms with Gasteiger partial charge in [0.1, 0.15) is 34.6 Å². The molecule has 7 N–H and O–H groups in total. The second kappa shape index (κ2) is 48.4. The molecule has 0 radical (unpaired) electrons. The van der Waals surface area contributed by atoms with Crippen LogP contribution in [0.15, 0.2) is 65.3 Å². The number of aliphatic imine (C=N–C) groups is 4. The average Bonchev–Trinajstić information content (AvgIpc) is 3.20. The van der Waals surface area contributed by atoms with Crippen molar-refractivity contribution in [3.63, 3.8) is 0 Å². The Kier molecular flexibility index (Phi) is 54.5. The number of carbonyl (C=O) groups is 8. The molecule has 0 amide bonds. The number of fused-ring (bicyclic) bond motifs is 1. The zero-order valence-electron chi connectivity index (χ0n) is 44.4. The Morgan fingerprint density at radius 2 is 0.648 bits per heavy atom. The second-order valence-corrected chi connectivity index (χ2v) is 15.9. The smallest absolute Gasteiger partial charge is 0.300 e. The van der Waals surface area contributed by atoms with Gasteiger partial charge in [0.25, 0.3) is 11.9 Å². The Bertz CT molecular complexity index is 1770. The van der Waals surface area contributed by atoms with Crippen molar-refractivity contribution in [2.24, 2.45) is 31.8 Å². The van der Waals surface area contributed by atoms with Gasteiger partial charge in [-0.25, -0.2) is 0 Å². The first kappa shape index (κ1) is 79.9. The van der Waals surface area contributed by atoms with Crippen LogP contribution in [0.1, 0.15) is 155 Å². The molecule has 0 saturated heterocycles. The summed E-state index contributed by atoms with van der Waals surface area (Å²) in [6.07, 6.45) is 15.0. The van der Waals surface area contributed by atoms with Crippen molar-refractivity contribution < 1.29 is 108 Å². The maximum absolute atomic E-state index is 11.4. The fraction of sp³-hybridized carbons (Fsp3) is 0.600. The van der Waals surface area contributed by atoms with Crippen LogP contribution in [0, 0.1) is 11.8 Å². The third-order valence-electron chi connectivity index (χ3n) is 9.25. The zero-order chi connectivity index (χ0) is 55.0. The molecular weight excluding hydrogens is 1010 g/mol. The molecule has 0 aliphatic heterocycles. The number of carboxylic acid groups (broad SMARTS) is 2. The normalized spacial score (nSPS) is 16.1. The Morgan fingerprint density at radius 3 is 0.803 bits per heavy atom. The number of aliphatic hydroxyl groups excluding tert-OH is 5. The maximum Gasteiger partial charge on any atom is 0.300 e. The summed E-state index contributed by atoms with van der Waals surface area (Å²) in [5, 5.41) is 59.3. The minimum absolute atomic E-state index is 0. The van der Waals surface area contributed by atoms with E-state index < -0.39 is 11.9 Å². The van der Waals surface area contributed by atoms with Crippen molar-refractivity contribution in [1.82, 2.24) is 0 Å². The summed E-state index contributed by atoms with van der Waals surface area (Å²) in [4.78, 5) is 99.5. The Labute approximate surface area is 442 Å². The first-order valence-electron chi connectivity index (χ1n) is 22.4. The molecule has 2 aliphatic rings. The molecule has 0 heterocycles. The number of aliphatic carboxylic acids is 2. The molecule has 0 aromatic rings. The largest absolute Gasteiger partial charge is 0.512 e. The average molecular weight is 1090 g/mol. The van der Waals surface area contributed by atoms with E-state index in [4.69, 9.17) is 24.9 Å². The molecular formula is C50H82Fe2N4O15. The van der Waals surface area contributed by atoms with E-state index in [1.807, 2.05) is 0 Å². The number of Topliss-reactive ketones (excluding diaryl/α,β-unsaturated/α-hetero) is 6. The number of aliphatic hydroxyl groups is 5. The van der Waals surface area contributed by atoms with Crippen LogP contribution >= 0.6 is 0 Å². The minimum Gasteiger partial charge on any atom is -0.512 e. The number of allylic oxidation sites excluding steroid dienone is 8. The first-order valence-corrected chi connectivity index (χ1v) is 22.4. The predicted molar refractivity (Wildman–Crippen MR) is 271 cm³/mol. The van der Waals surface area contributed by atoms with Gasteiger partial charge in [-0.1, -0.05) is 51.4 Å². The Hall–Kier alpha value is -5.20. The maximum atomic E-state index is 11.4. The van der Waals surface area contributed by atoms with Gasteiger partial charge >= 0.3 is 0 Å². The minimum atomic E-state index is -0.833. The molecule has 2 saturated carbocycles. The van der Waals surface area contributed by atoms with Gasteiger partial charge in [0.2, 0.25) is 0 Å². The van der Waals surface area contributed by atoms with Crippen molar-refractivity contribution in [2.75, 3.05) is 33.3 Å². The number of carboxylic acids is 2. The molecule has 0 bridgehead atoms. The van der Waals surface area contributed by atoms with Gasteiger partial charge in [-0.3, -0.25) is 58.3 Å².